The summed E-state index contributed by atoms with van der Waals surface area (Å²) in [6, 6.07) is 15.5. The predicted molar refractivity (Wildman–Crippen MR) is 139 cm³/mol. The number of aliphatic hydroxyl groups is 1. The lowest BCUT2D eigenvalue weighted by molar-refractivity contribution is 0.0697. The van der Waals surface area contributed by atoms with E-state index in [1.54, 1.807) is 12.1 Å². The van der Waals surface area contributed by atoms with Crippen molar-refractivity contribution in [3.63, 3.8) is 0 Å². The zero-order chi connectivity index (χ0) is 24.3. The molecule has 0 spiro atoms. The molecule has 1 aliphatic heterocycles. The summed E-state index contributed by atoms with van der Waals surface area (Å²) in [7, 11) is 0. The number of hydrogen-bond acceptors (Lipinski definition) is 4. The number of benzene rings is 2. The topological polar surface area (TPSA) is 64.0 Å². The van der Waals surface area contributed by atoms with Gasteiger partial charge in [0.05, 0.1) is 5.56 Å². The average molecular weight is 483 g/mol. The lowest BCUT2D eigenvalue weighted by Crippen LogP contribution is -2.54. The van der Waals surface area contributed by atoms with Gasteiger partial charge in [-0.1, -0.05) is 43.2 Å². The summed E-state index contributed by atoms with van der Waals surface area (Å²) < 4.78 is 0. The molecule has 34 heavy (non-hydrogen) atoms. The fourth-order valence-corrected chi connectivity index (χ4v) is 5.55. The highest BCUT2D eigenvalue weighted by Gasteiger charge is 2.31. The van der Waals surface area contributed by atoms with Crippen molar-refractivity contribution in [3.05, 3.63) is 70.3 Å². The third-order valence-corrected chi connectivity index (χ3v) is 7.50. The van der Waals surface area contributed by atoms with Crippen molar-refractivity contribution in [2.45, 2.75) is 45.6 Å². The first-order valence-corrected chi connectivity index (χ1v) is 12.5. The highest BCUT2D eigenvalue weighted by atomic mass is 35.5. The van der Waals surface area contributed by atoms with Crippen molar-refractivity contribution in [1.82, 2.24) is 4.90 Å². The lowest BCUT2D eigenvalue weighted by Gasteiger charge is -2.44. The van der Waals surface area contributed by atoms with Crippen LogP contribution in [0.25, 0.3) is 5.57 Å². The zero-order valence-corrected chi connectivity index (χ0v) is 20.9. The van der Waals surface area contributed by atoms with E-state index in [9.17, 15) is 15.0 Å². The second-order valence-corrected chi connectivity index (χ2v) is 10.8. The highest BCUT2D eigenvalue weighted by Crippen LogP contribution is 2.43. The van der Waals surface area contributed by atoms with E-state index in [0.29, 0.717) is 17.4 Å². The SMILES string of the molecule is CC1(C)CCC(c2ccc(Cl)cc2)=C(CN2CCN(c3ccc(C(=O)O)cc3)[C@@H](CCO)C2)C1. The van der Waals surface area contributed by atoms with Crippen LogP contribution in [0.4, 0.5) is 5.69 Å². The molecule has 1 saturated heterocycles. The van der Waals surface area contributed by atoms with Gasteiger partial charge in [0.15, 0.2) is 0 Å². The molecule has 1 fully saturated rings. The van der Waals surface area contributed by atoms with Gasteiger partial charge in [0, 0.05) is 49.5 Å². The molecule has 4 rings (SSSR count). The van der Waals surface area contributed by atoms with Gasteiger partial charge in [0.25, 0.3) is 0 Å². The molecule has 5 nitrogen and oxygen atoms in total. The quantitative estimate of drug-likeness (QED) is 0.539. The van der Waals surface area contributed by atoms with Gasteiger partial charge in [-0.05, 0) is 78.6 Å². The van der Waals surface area contributed by atoms with Gasteiger partial charge in [-0.3, -0.25) is 4.90 Å². The van der Waals surface area contributed by atoms with Crippen LogP contribution in [0.15, 0.2) is 54.1 Å². The molecule has 0 radical (unpaired) electrons. The molecule has 182 valence electrons. The van der Waals surface area contributed by atoms with Gasteiger partial charge in [-0.25, -0.2) is 4.79 Å². The van der Waals surface area contributed by atoms with E-state index < -0.39 is 5.97 Å². The fraction of sp³-hybridized carbons (Fsp3) is 0.464. The summed E-state index contributed by atoms with van der Waals surface area (Å²) in [5.74, 6) is -0.913. The Morgan fingerprint density at radius 2 is 1.79 bits per heavy atom. The number of carboxylic acid groups (broad SMARTS) is 1. The van der Waals surface area contributed by atoms with E-state index in [0.717, 1.165) is 49.7 Å². The molecule has 1 aliphatic carbocycles. The monoisotopic (exact) mass is 482 g/mol. The molecule has 0 aromatic heterocycles. The van der Waals surface area contributed by atoms with Crippen LogP contribution < -0.4 is 4.90 Å². The number of piperazine rings is 1. The minimum atomic E-state index is -0.913. The van der Waals surface area contributed by atoms with Crippen molar-refractivity contribution >= 4 is 28.8 Å². The number of rotatable bonds is 7. The van der Waals surface area contributed by atoms with Crippen molar-refractivity contribution in [2.75, 3.05) is 37.7 Å². The maximum absolute atomic E-state index is 11.2. The third kappa shape index (κ3) is 5.83. The number of nitrogens with zero attached hydrogens (tertiary/aromatic N) is 2. The molecule has 6 heteroatoms. The first-order chi connectivity index (χ1) is 16.3. The van der Waals surface area contributed by atoms with E-state index in [2.05, 4.69) is 35.8 Å². The van der Waals surface area contributed by atoms with E-state index in [1.807, 2.05) is 24.3 Å². The molecular formula is C28H35ClN2O3. The van der Waals surface area contributed by atoms with E-state index in [-0.39, 0.29) is 12.6 Å². The van der Waals surface area contributed by atoms with Crippen LogP contribution in [0.2, 0.25) is 5.02 Å². The van der Waals surface area contributed by atoms with Gasteiger partial charge < -0.3 is 15.1 Å². The number of anilines is 1. The fourth-order valence-electron chi connectivity index (χ4n) is 5.43. The number of halogens is 1. The molecule has 0 saturated carbocycles. The summed E-state index contributed by atoms with van der Waals surface area (Å²) in [4.78, 5) is 16.1. The molecular weight excluding hydrogens is 448 g/mol. The van der Waals surface area contributed by atoms with Crippen LogP contribution in [0.5, 0.6) is 0 Å². The van der Waals surface area contributed by atoms with Crippen LogP contribution in [0.1, 0.15) is 55.5 Å². The summed E-state index contributed by atoms with van der Waals surface area (Å²) in [6.45, 7) is 8.45. The van der Waals surface area contributed by atoms with Gasteiger partial charge >= 0.3 is 5.97 Å². The first kappa shape index (κ1) is 24.8. The van der Waals surface area contributed by atoms with E-state index in [4.69, 9.17) is 11.6 Å². The Labute approximate surface area is 207 Å². The zero-order valence-electron chi connectivity index (χ0n) is 20.1. The molecule has 2 aromatic rings. The minimum Gasteiger partial charge on any atom is -0.478 e. The van der Waals surface area contributed by atoms with Crippen molar-refractivity contribution < 1.29 is 15.0 Å². The number of hydrogen-bond donors (Lipinski definition) is 2. The molecule has 2 N–H and O–H groups in total. The van der Waals surface area contributed by atoms with Gasteiger partial charge in [-0.15, -0.1) is 0 Å². The van der Waals surface area contributed by atoms with E-state index in [1.165, 1.54) is 23.1 Å². The Hall–Kier alpha value is -2.34. The number of allylic oxidation sites excluding steroid dienone is 1. The highest BCUT2D eigenvalue weighted by molar-refractivity contribution is 6.30. The summed E-state index contributed by atoms with van der Waals surface area (Å²) in [5, 5.41) is 19.7. The van der Waals surface area contributed by atoms with Crippen LogP contribution in [0.3, 0.4) is 0 Å². The van der Waals surface area contributed by atoms with E-state index >= 15 is 0 Å². The molecule has 0 unspecified atom stereocenters. The minimum absolute atomic E-state index is 0.133. The Kier molecular flexibility index (Phi) is 7.66. The molecule has 2 aromatic carbocycles. The lowest BCUT2D eigenvalue weighted by atomic mass is 9.72. The number of carboxylic acids is 1. The summed E-state index contributed by atoms with van der Waals surface area (Å²) in [5.41, 5.74) is 5.86. The normalized spacial score (nSPS) is 21.1. The van der Waals surface area contributed by atoms with Gasteiger partial charge in [0.2, 0.25) is 0 Å². The van der Waals surface area contributed by atoms with Crippen LogP contribution in [0, 0.1) is 5.41 Å². The maximum Gasteiger partial charge on any atom is 0.335 e. The summed E-state index contributed by atoms with van der Waals surface area (Å²) in [6.07, 6.45) is 4.04. The molecule has 2 aliphatic rings. The Morgan fingerprint density at radius 1 is 1.09 bits per heavy atom. The first-order valence-electron chi connectivity index (χ1n) is 12.2. The standard InChI is InChI=1S/C28H35ClN2O3/c1-28(2)13-11-26(20-3-7-23(29)8-4-20)22(17-28)18-30-14-15-31(25(19-30)12-16-32)24-9-5-21(6-10-24)27(33)34/h3-10,25,32H,11-19H2,1-2H3,(H,33,34)/t25-/m0/s1. The summed E-state index contributed by atoms with van der Waals surface area (Å²) >= 11 is 6.14. The second kappa shape index (κ2) is 10.5. The second-order valence-electron chi connectivity index (χ2n) is 10.4. The van der Waals surface area contributed by atoms with Gasteiger partial charge in [-0.2, -0.15) is 0 Å². The third-order valence-electron chi connectivity index (χ3n) is 7.25. The average Bonchev–Trinajstić information content (AvgIpc) is 2.80. The number of aliphatic hydroxyl groups excluding tert-OH is 1. The molecule has 0 amide bonds. The molecule has 1 heterocycles. The largest absolute Gasteiger partial charge is 0.478 e. The Morgan fingerprint density at radius 3 is 2.44 bits per heavy atom. The van der Waals surface area contributed by atoms with Gasteiger partial charge in [0.1, 0.15) is 0 Å². The van der Waals surface area contributed by atoms with Crippen molar-refractivity contribution in [3.8, 4) is 0 Å². The van der Waals surface area contributed by atoms with Crippen LogP contribution in [-0.4, -0.2) is 59.9 Å². The maximum atomic E-state index is 11.2. The van der Waals surface area contributed by atoms with Crippen molar-refractivity contribution in [2.24, 2.45) is 5.41 Å². The Balaban J connectivity index is 1.53. The number of carbonyl (C=O) groups is 1. The van der Waals surface area contributed by atoms with Crippen LogP contribution in [-0.2, 0) is 0 Å². The van der Waals surface area contributed by atoms with Crippen molar-refractivity contribution in [1.29, 1.82) is 0 Å². The number of aromatic carboxylic acids is 1. The Bertz CT molecular complexity index is 1030. The predicted octanol–water partition coefficient (Wildman–Crippen LogP) is 5.58. The smallest absolute Gasteiger partial charge is 0.335 e. The molecule has 1 atom stereocenters. The molecule has 0 bridgehead atoms. The van der Waals surface area contributed by atoms with Crippen LogP contribution >= 0.6 is 11.6 Å².